The van der Waals surface area contributed by atoms with Crippen molar-refractivity contribution in [1.29, 1.82) is 0 Å². The highest BCUT2D eigenvalue weighted by Gasteiger charge is 2.35. The molecule has 1 nitrogen and oxygen atoms in total. The van der Waals surface area contributed by atoms with E-state index in [2.05, 4.69) is 26.0 Å². The fourth-order valence-electron chi connectivity index (χ4n) is 14.8. The molecule has 0 aromatic heterocycles. The molecule has 1 heteroatoms. The van der Waals surface area contributed by atoms with Crippen LogP contribution in [0.5, 0.6) is 0 Å². The van der Waals surface area contributed by atoms with Crippen molar-refractivity contribution in [3.63, 3.8) is 0 Å². The van der Waals surface area contributed by atoms with Gasteiger partial charge in [-0.15, -0.1) is 0 Å². The Bertz CT molecular complexity index is 1060. The van der Waals surface area contributed by atoms with Crippen LogP contribution in [-0.2, 0) is 4.74 Å². The van der Waals surface area contributed by atoms with Crippen LogP contribution < -0.4 is 0 Å². The summed E-state index contributed by atoms with van der Waals surface area (Å²) in [5.74, 6) is 10.5. The van der Waals surface area contributed by atoms with Crippen LogP contribution in [0.25, 0.3) is 0 Å². The molecular weight excluding hydrogens is 737 g/mol. The zero-order chi connectivity index (χ0) is 42.2. The van der Waals surface area contributed by atoms with Crippen LogP contribution >= 0.6 is 0 Å². The Hall–Kier alpha value is -0.560. The molecule has 6 aliphatic carbocycles. The van der Waals surface area contributed by atoms with Gasteiger partial charge in [0.15, 0.2) is 0 Å². The minimum Gasteiger partial charge on any atom is -0.381 e. The average molecular weight is 844 g/mol. The van der Waals surface area contributed by atoms with Crippen LogP contribution in [0.1, 0.15) is 284 Å². The van der Waals surface area contributed by atoms with E-state index in [1.807, 2.05) is 0 Å². The topological polar surface area (TPSA) is 9.23 Å². The zero-order valence-corrected chi connectivity index (χ0v) is 41.4. The first-order valence-corrected chi connectivity index (χ1v) is 29.1. The van der Waals surface area contributed by atoms with Gasteiger partial charge in [-0.1, -0.05) is 153 Å². The summed E-state index contributed by atoms with van der Waals surface area (Å²) in [6, 6.07) is 0. The quantitative estimate of drug-likeness (QED) is 0.0563. The third kappa shape index (κ3) is 18.3. The van der Waals surface area contributed by atoms with E-state index in [4.69, 9.17) is 4.74 Å². The summed E-state index contributed by atoms with van der Waals surface area (Å²) in [4.78, 5) is 0. The maximum Gasteiger partial charge on any atom is 0.0466 e. The van der Waals surface area contributed by atoms with Gasteiger partial charge in [-0.3, -0.25) is 0 Å². The summed E-state index contributed by atoms with van der Waals surface area (Å²) in [7, 11) is 0. The third-order valence-corrected chi connectivity index (χ3v) is 19.2. The molecule has 2 unspecified atom stereocenters. The average Bonchev–Trinajstić information content (AvgIpc) is 3.31. The van der Waals surface area contributed by atoms with E-state index in [0.29, 0.717) is 0 Å². The second kappa shape index (κ2) is 29.9. The summed E-state index contributed by atoms with van der Waals surface area (Å²) in [5.41, 5.74) is 3.59. The van der Waals surface area contributed by atoms with Crippen LogP contribution in [0.3, 0.4) is 0 Å². The van der Waals surface area contributed by atoms with E-state index < -0.39 is 0 Å². The lowest BCUT2D eigenvalue weighted by Crippen LogP contribution is -2.28. The fraction of sp³-hybridized carbons (Fsp3) is 0.933. The lowest BCUT2D eigenvalue weighted by molar-refractivity contribution is 0.119. The molecule has 4 fully saturated rings. The molecule has 6 aliphatic rings. The lowest BCUT2D eigenvalue weighted by Gasteiger charge is -2.40. The zero-order valence-electron chi connectivity index (χ0n) is 41.4. The van der Waals surface area contributed by atoms with Gasteiger partial charge in [0.05, 0.1) is 0 Å². The van der Waals surface area contributed by atoms with E-state index >= 15 is 0 Å². The minimum atomic E-state index is 0.985. The second-order valence-corrected chi connectivity index (χ2v) is 23.3. The van der Waals surface area contributed by atoms with Crippen LogP contribution in [0, 0.1) is 59.2 Å². The predicted octanol–water partition coefficient (Wildman–Crippen LogP) is 19.5. The number of unbranched alkanes of at least 4 members (excludes halogenated alkanes) is 12. The first-order valence-electron chi connectivity index (χ1n) is 29.1. The van der Waals surface area contributed by atoms with E-state index in [-0.39, 0.29) is 0 Å². The maximum absolute atomic E-state index is 6.10. The van der Waals surface area contributed by atoms with Gasteiger partial charge in [0, 0.05) is 13.2 Å². The highest BCUT2D eigenvalue weighted by atomic mass is 16.5. The van der Waals surface area contributed by atoms with Crippen molar-refractivity contribution in [1.82, 2.24) is 0 Å². The van der Waals surface area contributed by atoms with Gasteiger partial charge in [-0.25, -0.2) is 0 Å². The highest BCUT2D eigenvalue weighted by molar-refractivity contribution is 5.08. The van der Waals surface area contributed by atoms with Gasteiger partial charge >= 0.3 is 0 Å². The van der Waals surface area contributed by atoms with Crippen LogP contribution in [-0.4, -0.2) is 13.2 Å². The van der Waals surface area contributed by atoms with E-state index in [1.165, 1.54) is 167 Å². The van der Waals surface area contributed by atoms with Gasteiger partial charge in [0.2, 0.25) is 0 Å². The number of hydrogen-bond donors (Lipinski definition) is 0. The molecule has 0 amide bonds. The molecule has 0 saturated heterocycles. The molecule has 6 rings (SSSR count). The first-order chi connectivity index (χ1) is 30.2. The molecule has 4 saturated carbocycles. The standard InChI is InChI=1S/C60H106O/c1-3-5-7-9-13-19-49-23-31-53(32-24-49)57-39-43-59(44-40-57)55-35-27-51(28-36-55)21-15-11-17-47-61-48-18-12-16-22-52-29-37-56(38-30-52)60-45-41-58(42-46-60)54-33-25-50(26-34-54)20-14-10-8-6-4-2/h27,29,49-50,53-60H,3-26,28,30-48H2,1-2H3. The molecule has 0 spiro atoms. The Morgan fingerprint density at radius 3 is 1.02 bits per heavy atom. The molecule has 0 N–H and O–H groups in total. The molecular formula is C60H106O. The highest BCUT2D eigenvalue weighted by Crippen LogP contribution is 2.48. The molecule has 0 aliphatic heterocycles. The molecule has 0 heterocycles. The van der Waals surface area contributed by atoms with E-state index in [0.717, 1.165) is 72.4 Å². The molecule has 61 heavy (non-hydrogen) atoms. The molecule has 352 valence electrons. The summed E-state index contributed by atoms with van der Waals surface area (Å²) in [6.07, 6.45) is 67.3. The van der Waals surface area contributed by atoms with E-state index in [9.17, 15) is 0 Å². The fourth-order valence-corrected chi connectivity index (χ4v) is 14.8. The Kier molecular flexibility index (Phi) is 24.4. The normalized spacial score (nSPS) is 32.7. The van der Waals surface area contributed by atoms with Gasteiger partial charge in [-0.2, -0.15) is 0 Å². The van der Waals surface area contributed by atoms with Crippen LogP contribution in [0.2, 0.25) is 0 Å². The third-order valence-electron chi connectivity index (χ3n) is 19.2. The Morgan fingerprint density at radius 1 is 0.344 bits per heavy atom. The van der Waals surface area contributed by atoms with Crippen molar-refractivity contribution in [2.24, 2.45) is 59.2 Å². The minimum absolute atomic E-state index is 0.985. The summed E-state index contributed by atoms with van der Waals surface area (Å²) in [5, 5.41) is 0. The molecule has 0 aromatic rings. The Morgan fingerprint density at radius 2 is 0.672 bits per heavy atom. The van der Waals surface area contributed by atoms with Crippen LogP contribution in [0.4, 0.5) is 0 Å². The van der Waals surface area contributed by atoms with Crippen molar-refractivity contribution in [3.8, 4) is 0 Å². The Labute approximate surface area is 382 Å². The second-order valence-electron chi connectivity index (χ2n) is 23.3. The summed E-state index contributed by atoms with van der Waals surface area (Å²) >= 11 is 0. The van der Waals surface area contributed by atoms with Crippen molar-refractivity contribution >= 4 is 0 Å². The van der Waals surface area contributed by atoms with Gasteiger partial charge in [0.25, 0.3) is 0 Å². The van der Waals surface area contributed by atoms with Crippen molar-refractivity contribution < 1.29 is 4.74 Å². The van der Waals surface area contributed by atoms with E-state index in [1.54, 1.807) is 114 Å². The molecule has 0 bridgehead atoms. The molecule has 2 atom stereocenters. The van der Waals surface area contributed by atoms with Crippen LogP contribution in [0.15, 0.2) is 23.3 Å². The molecule has 0 aromatic carbocycles. The first kappa shape index (κ1) is 49.9. The largest absolute Gasteiger partial charge is 0.381 e. The number of allylic oxidation sites excluding steroid dienone is 4. The van der Waals surface area contributed by atoms with Crippen molar-refractivity contribution in [3.05, 3.63) is 23.3 Å². The van der Waals surface area contributed by atoms with Crippen molar-refractivity contribution in [2.45, 2.75) is 284 Å². The number of rotatable bonds is 28. The summed E-state index contributed by atoms with van der Waals surface area (Å²) < 4.78 is 6.10. The number of hydrogen-bond acceptors (Lipinski definition) is 1. The van der Waals surface area contributed by atoms with Gasteiger partial charge in [-0.05, 0) is 213 Å². The monoisotopic (exact) mass is 843 g/mol. The van der Waals surface area contributed by atoms with Gasteiger partial charge < -0.3 is 4.74 Å². The van der Waals surface area contributed by atoms with Crippen molar-refractivity contribution in [2.75, 3.05) is 13.2 Å². The Balaban J connectivity index is 0.697. The number of ether oxygens (including phenoxy) is 1. The van der Waals surface area contributed by atoms with Gasteiger partial charge in [0.1, 0.15) is 0 Å². The molecule has 0 radical (unpaired) electrons. The SMILES string of the molecule is CCCCCCCC1CCC(C2CCC(C3CC=C(CCCCCOCCCCCC4=CCC(C5CCC(C6CCC(CCCCCCC)CC6)CC5)CC4)CC3)CC2)CC1. The predicted molar refractivity (Wildman–Crippen MR) is 267 cm³/mol. The smallest absolute Gasteiger partial charge is 0.0466 e. The summed E-state index contributed by atoms with van der Waals surface area (Å²) in [6.45, 7) is 6.64. The maximum atomic E-state index is 6.10. The lowest BCUT2D eigenvalue weighted by atomic mass is 9.65.